The molecule has 0 saturated carbocycles. The third-order valence-corrected chi connectivity index (χ3v) is 6.31. The first-order valence-corrected chi connectivity index (χ1v) is 11.2. The zero-order chi connectivity index (χ0) is 21.6. The number of carbonyl (C=O) groups excluding carboxylic acids is 1. The van der Waals surface area contributed by atoms with Crippen LogP contribution in [0.4, 0.5) is 0 Å². The molecule has 0 aliphatic carbocycles. The van der Waals surface area contributed by atoms with Crippen molar-refractivity contribution >= 4 is 16.7 Å². The number of likely N-dealkylation sites (N-methyl/N-ethyl adjacent to an activating group) is 1. The van der Waals surface area contributed by atoms with Crippen molar-refractivity contribution in [2.45, 2.75) is 13.0 Å². The van der Waals surface area contributed by atoms with Crippen molar-refractivity contribution in [3.8, 4) is 5.75 Å². The van der Waals surface area contributed by atoms with Gasteiger partial charge in [0.1, 0.15) is 38.0 Å². The van der Waals surface area contributed by atoms with Gasteiger partial charge in [-0.05, 0) is 29.8 Å². The lowest BCUT2D eigenvalue weighted by Gasteiger charge is -2.33. The highest BCUT2D eigenvalue weighted by Gasteiger charge is 2.29. The number of quaternary nitrogens is 2. The van der Waals surface area contributed by atoms with E-state index in [4.69, 9.17) is 4.74 Å². The highest BCUT2D eigenvalue weighted by Crippen LogP contribution is 2.20. The predicted molar refractivity (Wildman–Crippen MR) is 124 cm³/mol. The maximum absolute atomic E-state index is 12.6. The molecule has 1 saturated heterocycles. The lowest BCUT2D eigenvalue weighted by atomic mass is 10.0. The molecule has 1 heterocycles. The van der Waals surface area contributed by atoms with Crippen molar-refractivity contribution < 1.29 is 19.3 Å². The number of rotatable bonds is 7. The van der Waals surface area contributed by atoms with E-state index in [1.165, 1.54) is 11.1 Å². The Bertz CT molecular complexity index is 1010. The van der Waals surface area contributed by atoms with Gasteiger partial charge in [-0.15, -0.1) is 0 Å². The van der Waals surface area contributed by atoms with Crippen LogP contribution < -0.4 is 19.9 Å². The Morgan fingerprint density at radius 1 is 0.968 bits per heavy atom. The quantitative estimate of drug-likeness (QED) is 0.531. The summed E-state index contributed by atoms with van der Waals surface area (Å²) in [5.74, 6) is 0.640. The summed E-state index contributed by atoms with van der Waals surface area (Å²) in [4.78, 5) is 15.7. The fraction of sp³-hybridized carbons (Fsp3) is 0.346. The van der Waals surface area contributed by atoms with E-state index in [0.29, 0.717) is 6.54 Å². The Labute approximate surface area is 184 Å². The fourth-order valence-electron chi connectivity index (χ4n) is 4.32. The first kappa shape index (κ1) is 21.3. The minimum atomic E-state index is -0.0792. The molecule has 5 heteroatoms. The number of carbonyl (C=O) groups is 1. The van der Waals surface area contributed by atoms with Gasteiger partial charge in [0, 0.05) is 5.56 Å². The number of aryl methyl sites for hydroxylation is 1. The van der Waals surface area contributed by atoms with Gasteiger partial charge in [0.25, 0.3) is 5.91 Å². The summed E-state index contributed by atoms with van der Waals surface area (Å²) in [5, 5.41) is 5.40. The molecule has 1 fully saturated rings. The molecular formula is C26H33N3O2+2. The molecule has 1 aliphatic heterocycles. The molecule has 0 unspecified atom stereocenters. The van der Waals surface area contributed by atoms with Crippen LogP contribution in [0.25, 0.3) is 10.8 Å². The molecule has 3 aromatic rings. The molecule has 1 amide bonds. The second-order valence-corrected chi connectivity index (χ2v) is 8.68. The van der Waals surface area contributed by atoms with Gasteiger partial charge in [-0.2, -0.15) is 0 Å². The van der Waals surface area contributed by atoms with Gasteiger partial charge >= 0.3 is 0 Å². The van der Waals surface area contributed by atoms with Gasteiger partial charge in [0.2, 0.25) is 0 Å². The summed E-state index contributed by atoms with van der Waals surface area (Å²) in [7, 11) is 2.25. The van der Waals surface area contributed by atoms with Crippen LogP contribution in [0.1, 0.15) is 17.2 Å². The molecule has 1 aliphatic rings. The number of piperazine rings is 1. The van der Waals surface area contributed by atoms with Crippen molar-refractivity contribution in [1.82, 2.24) is 5.32 Å². The summed E-state index contributed by atoms with van der Waals surface area (Å²) in [6, 6.07) is 23.1. The van der Waals surface area contributed by atoms with Gasteiger partial charge < -0.3 is 19.9 Å². The number of fused-ring (bicyclic) bond motifs is 1. The van der Waals surface area contributed by atoms with E-state index in [9.17, 15) is 4.79 Å². The summed E-state index contributed by atoms with van der Waals surface area (Å²) in [6.45, 7) is 7.32. The second kappa shape index (κ2) is 9.94. The standard InChI is InChI=1S/C26H31N3O2/c1-20-7-9-22(10-8-20)25(29-15-13-28(2)14-16-29)18-27-26(30)19-31-24-12-11-21-5-3-4-6-23(21)17-24/h3-12,17,25H,13-16,18-19H2,1-2H3,(H,27,30)/p+2/t25-/m0/s1. The van der Waals surface area contributed by atoms with E-state index < -0.39 is 0 Å². The van der Waals surface area contributed by atoms with Crippen LogP contribution in [0, 0.1) is 6.92 Å². The van der Waals surface area contributed by atoms with E-state index >= 15 is 0 Å². The van der Waals surface area contributed by atoms with Gasteiger partial charge in [0.15, 0.2) is 6.61 Å². The van der Waals surface area contributed by atoms with Crippen molar-refractivity contribution in [3.05, 3.63) is 77.9 Å². The van der Waals surface area contributed by atoms with Crippen LogP contribution in [-0.4, -0.2) is 52.3 Å². The maximum atomic E-state index is 12.6. The number of benzene rings is 3. The van der Waals surface area contributed by atoms with E-state index in [1.807, 2.05) is 30.3 Å². The van der Waals surface area contributed by atoms with E-state index in [0.717, 1.165) is 42.7 Å². The minimum absolute atomic E-state index is 0.0289. The topological polar surface area (TPSA) is 47.2 Å². The fourth-order valence-corrected chi connectivity index (χ4v) is 4.32. The van der Waals surface area contributed by atoms with Crippen LogP contribution in [0.2, 0.25) is 0 Å². The van der Waals surface area contributed by atoms with Crippen molar-refractivity contribution in [3.63, 3.8) is 0 Å². The highest BCUT2D eigenvalue weighted by atomic mass is 16.5. The monoisotopic (exact) mass is 419 g/mol. The molecule has 0 radical (unpaired) electrons. The average molecular weight is 420 g/mol. The Hall–Kier alpha value is -2.89. The highest BCUT2D eigenvalue weighted by molar-refractivity contribution is 5.84. The lowest BCUT2D eigenvalue weighted by Crippen LogP contribution is -3.27. The Morgan fingerprint density at radius 3 is 2.42 bits per heavy atom. The second-order valence-electron chi connectivity index (χ2n) is 8.68. The molecule has 3 N–H and O–H groups in total. The van der Waals surface area contributed by atoms with Crippen LogP contribution in [0.3, 0.4) is 0 Å². The molecule has 162 valence electrons. The Kier molecular flexibility index (Phi) is 6.85. The number of amides is 1. The zero-order valence-electron chi connectivity index (χ0n) is 18.5. The molecule has 5 nitrogen and oxygen atoms in total. The Morgan fingerprint density at radius 2 is 1.68 bits per heavy atom. The summed E-state index contributed by atoms with van der Waals surface area (Å²) in [5.41, 5.74) is 2.55. The van der Waals surface area contributed by atoms with Gasteiger partial charge in [0.05, 0.1) is 13.6 Å². The molecule has 0 aromatic heterocycles. The van der Waals surface area contributed by atoms with Crippen molar-refractivity contribution in [2.75, 3.05) is 46.4 Å². The minimum Gasteiger partial charge on any atom is -0.484 e. The third-order valence-electron chi connectivity index (χ3n) is 6.31. The first-order chi connectivity index (χ1) is 15.1. The molecular weight excluding hydrogens is 386 g/mol. The van der Waals surface area contributed by atoms with Crippen molar-refractivity contribution in [1.29, 1.82) is 0 Å². The van der Waals surface area contributed by atoms with Crippen LogP contribution in [0.5, 0.6) is 5.75 Å². The normalized spacial score (nSPS) is 19.7. The van der Waals surface area contributed by atoms with Gasteiger partial charge in [-0.3, -0.25) is 4.79 Å². The molecule has 3 aromatic carbocycles. The average Bonchev–Trinajstić information content (AvgIpc) is 2.80. The summed E-state index contributed by atoms with van der Waals surface area (Å²) >= 11 is 0. The maximum Gasteiger partial charge on any atom is 0.258 e. The van der Waals surface area contributed by atoms with E-state index in [1.54, 1.807) is 9.80 Å². The predicted octanol–water partition coefficient (Wildman–Crippen LogP) is 0.798. The first-order valence-electron chi connectivity index (χ1n) is 11.2. The molecule has 1 atom stereocenters. The molecule has 0 spiro atoms. The van der Waals surface area contributed by atoms with Gasteiger partial charge in [-0.1, -0.05) is 60.2 Å². The summed E-state index contributed by atoms with van der Waals surface area (Å²) in [6.07, 6.45) is 0. The van der Waals surface area contributed by atoms with Gasteiger partial charge in [-0.25, -0.2) is 0 Å². The zero-order valence-corrected chi connectivity index (χ0v) is 18.5. The van der Waals surface area contributed by atoms with Crippen molar-refractivity contribution in [2.24, 2.45) is 0 Å². The number of hydrogen-bond donors (Lipinski definition) is 3. The largest absolute Gasteiger partial charge is 0.484 e. The summed E-state index contributed by atoms with van der Waals surface area (Å²) < 4.78 is 5.77. The van der Waals surface area contributed by atoms with Crippen LogP contribution in [-0.2, 0) is 4.79 Å². The number of ether oxygens (including phenoxy) is 1. The molecule has 4 rings (SSSR count). The Balaban J connectivity index is 1.36. The van der Waals surface area contributed by atoms with Crippen LogP contribution in [0.15, 0.2) is 66.7 Å². The third kappa shape index (κ3) is 5.63. The van der Waals surface area contributed by atoms with Crippen LogP contribution >= 0.6 is 0 Å². The smallest absolute Gasteiger partial charge is 0.258 e. The number of nitrogens with one attached hydrogen (secondary N) is 3. The van der Waals surface area contributed by atoms with E-state index in [-0.39, 0.29) is 18.6 Å². The van der Waals surface area contributed by atoms with E-state index in [2.05, 4.69) is 55.7 Å². The molecule has 31 heavy (non-hydrogen) atoms. The lowest BCUT2D eigenvalue weighted by molar-refractivity contribution is -1.02. The SMILES string of the molecule is Cc1ccc([C@H](CNC(=O)COc2ccc3ccccc3c2)[NH+]2CC[NH+](C)CC2)cc1. The number of hydrogen-bond acceptors (Lipinski definition) is 2. The molecule has 0 bridgehead atoms.